The molecular formula is C17H24N4O2. The number of nitrogens with zero attached hydrogens (tertiary/aromatic N) is 3. The zero-order valence-electron chi connectivity index (χ0n) is 13.5. The Hall–Kier alpha value is -2.10. The third kappa shape index (κ3) is 4.95. The van der Waals surface area contributed by atoms with E-state index in [4.69, 9.17) is 10.4 Å². The van der Waals surface area contributed by atoms with Crippen LogP contribution in [0.5, 0.6) is 0 Å². The molecule has 0 radical (unpaired) electrons. The normalized spacial score (nSPS) is 15.5. The number of carbonyl (C=O) groups excluding carboxylic acids is 1. The van der Waals surface area contributed by atoms with Gasteiger partial charge in [0.25, 0.3) is 0 Å². The Morgan fingerprint density at radius 3 is 2.61 bits per heavy atom. The minimum atomic E-state index is -0.0915. The number of hydrogen-bond donors (Lipinski definition) is 2. The van der Waals surface area contributed by atoms with E-state index in [1.165, 1.54) is 0 Å². The number of aliphatic hydroxyl groups excluding tert-OH is 1. The fourth-order valence-electron chi connectivity index (χ4n) is 2.84. The van der Waals surface area contributed by atoms with Crippen LogP contribution in [0, 0.1) is 11.3 Å². The van der Waals surface area contributed by atoms with Crippen LogP contribution in [0.3, 0.4) is 0 Å². The van der Waals surface area contributed by atoms with E-state index < -0.39 is 0 Å². The Morgan fingerprint density at radius 1 is 1.39 bits per heavy atom. The molecule has 0 bridgehead atoms. The lowest BCUT2D eigenvalue weighted by molar-refractivity contribution is 0.134. The molecule has 1 fully saturated rings. The van der Waals surface area contributed by atoms with Gasteiger partial charge in [0.2, 0.25) is 0 Å². The third-order valence-electron chi connectivity index (χ3n) is 4.31. The highest BCUT2D eigenvalue weighted by molar-refractivity contribution is 5.89. The summed E-state index contributed by atoms with van der Waals surface area (Å²) in [5, 5.41) is 20.5. The molecule has 1 aliphatic heterocycles. The first-order chi connectivity index (χ1) is 11.1. The van der Waals surface area contributed by atoms with E-state index in [-0.39, 0.29) is 12.6 Å². The van der Waals surface area contributed by atoms with Gasteiger partial charge in [-0.05, 0) is 50.6 Å². The maximum absolute atomic E-state index is 12.3. The second-order valence-corrected chi connectivity index (χ2v) is 5.90. The predicted octanol–water partition coefficient (Wildman–Crippen LogP) is 1.87. The molecule has 1 aromatic carbocycles. The summed E-state index contributed by atoms with van der Waals surface area (Å²) < 4.78 is 0. The summed E-state index contributed by atoms with van der Waals surface area (Å²) in [7, 11) is 2.08. The average molecular weight is 316 g/mol. The molecule has 0 unspecified atom stereocenters. The number of rotatable bonds is 5. The number of aliphatic hydroxyl groups is 1. The van der Waals surface area contributed by atoms with Crippen molar-refractivity contribution < 1.29 is 9.90 Å². The predicted molar refractivity (Wildman–Crippen MR) is 89.1 cm³/mol. The molecule has 1 heterocycles. The number of urea groups is 1. The van der Waals surface area contributed by atoms with Crippen LogP contribution in [0.2, 0.25) is 0 Å². The minimum absolute atomic E-state index is 0.0915. The summed E-state index contributed by atoms with van der Waals surface area (Å²) >= 11 is 0. The molecule has 1 aliphatic rings. The maximum atomic E-state index is 12.3. The largest absolute Gasteiger partial charge is 0.396 e. The monoisotopic (exact) mass is 316 g/mol. The second-order valence-electron chi connectivity index (χ2n) is 5.90. The Morgan fingerprint density at radius 2 is 2.04 bits per heavy atom. The van der Waals surface area contributed by atoms with E-state index in [1.54, 1.807) is 24.3 Å². The molecule has 2 amide bonds. The Balaban J connectivity index is 1.80. The number of anilines is 1. The molecule has 6 heteroatoms. The average Bonchev–Trinajstić information content (AvgIpc) is 2.60. The van der Waals surface area contributed by atoms with Crippen LogP contribution >= 0.6 is 0 Å². The van der Waals surface area contributed by atoms with Gasteiger partial charge < -0.3 is 20.2 Å². The number of nitrogens with one attached hydrogen (secondary N) is 1. The Bertz CT molecular complexity index is 545. The molecule has 6 nitrogen and oxygen atoms in total. The van der Waals surface area contributed by atoms with Gasteiger partial charge in [-0.3, -0.25) is 0 Å². The van der Waals surface area contributed by atoms with E-state index in [2.05, 4.69) is 23.3 Å². The fraction of sp³-hybridized carbons (Fsp3) is 0.529. The number of likely N-dealkylation sites (tertiary alicyclic amines) is 1. The molecule has 1 saturated heterocycles. The highest BCUT2D eigenvalue weighted by Gasteiger charge is 2.25. The van der Waals surface area contributed by atoms with Crippen molar-refractivity contribution >= 4 is 11.7 Å². The number of amides is 2. The minimum Gasteiger partial charge on any atom is -0.396 e. The summed E-state index contributed by atoms with van der Waals surface area (Å²) in [6, 6.07) is 9.31. The van der Waals surface area contributed by atoms with E-state index in [1.807, 2.05) is 4.90 Å². The van der Waals surface area contributed by atoms with Gasteiger partial charge in [0.1, 0.15) is 0 Å². The van der Waals surface area contributed by atoms with Crippen LogP contribution in [-0.2, 0) is 0 Å². The summed E-state index contributed by atoms with van der Waals surface area (Å²) in [5.74, 6) is 0. The molecule has 0 aromatic heterocycles. The molecule has 124 valence electrons. The van der Waals surface area contributed by atoms with Crippen molar-refractivity contribution in [2.75, 3.05) is 38.6 Å². The number of benzene rings is 1. The molecule has 2 N–H and O–H groups in total. The van der Waals surface area contributed by atoms with Crippen molar-refractivity contribution in [2.45, 2.75) is 25.3 Å². The topological polar surface area (TPSA) is 79.6 Å². The van der Waals surface area contributed by atoms with Gasteiger partial charge in [-0.1, -0.05) is 0 Å². The van der Waals surface area contributed by atoms with Gasteiger partial charge in [-0.2, -0.15) is 5.26 Å². The Kier molecular flexibility index (Phi) is 6.39. The van der Waals surface area contributed by atoms with Crippen molar-refractivity contribution in [1.82, 2.24) is 9.80 Å². The molecule has 23 heavy (non-hydrogen) atoms. The van der Waals surface area contributed by atoms with E-state index in [0.717, 1.165) is 38.9 Å². The highest BCUT2D eigenvalue weighted by Crippen LogP contribution is 2.17. The molecular weight excluding hydrogens is 292 g/mol. The lowest BCUT2D eigenvalue weighted by Crippen LogP contribution is -2.47. The summed E-state index contributed by atoms with van der Waals surface area (Å²) in [4.78, 5) is 16.4. The number of hydrogen-bond acceptors (Lipinski definition) is 4. The third-order valence-corrected chi connectivity index (χ3v) is 4.31. The first-order valence-corrected chi connectivity index (χ1v) is 8.01. The van der Waals surface area contributed by atoms with Gasteiger partial charge in [-0.25, -0.2) is 4.79 Å². The first kappa shape index (κ1) is 17.3. The number of nitriles is 1. The zero-order chi connectivity index (χ0) is 16.7. The van der Waals surface area contributed by atoms with Gasteiger partial charge >= 0.3 is 6.03 Å². The standard InChI is InChI=1S/C17H24N4O2/c1-20(9-2-12-22)16-7-10-21(11-8-16)17(23)19-15-5-3-14(13-18)4-6-15/h3-6,16,22H,2,7-12H2,1H3,(H,19,23). The molecule has 0 saturated carbocycles. The van der Waals surface area contributed by atoms with Crippen LogP contribution in [0.15, 0.2) is 24.3 Å². The van der Waals surface area contributed by atoms with Crippen LogP contribution in [0.25, 0.3) is 0 Å². The van der Waals surface area contributed by atoms with E-state index in [9.17, 15) is 4.79 Å². The second kappa shape index (κ2) is 8.51. The van der Waals surface area contributed by atoms with Crippen LogP contribution in [0.1, 0.15) is 24.8 Å². The smallest absolute Gasteiger partial charge is 0.321 e. The van der Waals surface area contributed by atoms with E-state index in [0.29, 0.717) is 17.3 Å². The zero-order valence-corrected chi connectivity index (χ0v) is 13.5. The van der Waals surface area contributed by atoms with Crippen LogP contribution in [-0.4, -0.2) is 60.3 Å². The maximum Gasteiger partial charge on any atom is 0.321 e. The van der Waals surface area contributed by atoms with Crippen molar-refractivity contribution in [3.05, 3.63) is 29.8 Å². The molecule has 0 atom stereocenters. The first-order valence-electron chi connectivity index (χ1n) is 8.01. The number of carbonyl (C=O) groups is 1. The van der Waals surface area contributed by atoms with Gasteiger partial charge in [0.15, 0.2) is 0 Å². The van der Waals surface area contributed by atoms with Crippen LogP contribution < -0.4 is 5.32 Å². The van der Waals surface area contributed by atoms with E-state index >= 15 is 0 Å². The SMILES string of the molecule is CN(CCCO)C1CCN(C(=O)Nc2ccc(C#N)cc2)CC1. The lowest BCUT2D eigenvalue weighted by atomic mass is 10.0. The molecule has 0 spiro atoms. The molecule has 1 aromatic rings. The summed E-state index contributed by atoms with van der Waals surface area (Å²) in [6.45, 7) is 2.57. The summed E-state index contributed by atoms with van der Waals surface area (Å²) in [5.41, 5.74) is 1.28. The lowest BCUT2D eigenvalue weighted by Gasteiger charge is -2.36. The van der Waals surface area contributed by atoms with Gasteiger partial charge in [-0.15, -0.1) is 0 Å². The summed E-state index contributed by atoms with van der Waals surface area (Å²) in [6.07, 6.45) is 2.68. The number of piperidine rings is 1. The van der Waals surface area contributed by atoms with Gasteiger partial charge in [0.05, 0.1) is 11.6 Å². The highest BCUT2D eigenvalue weighted by atomic mass is 16.3. The van der Waals surface area contributed by atoms with Crippen molar-refractivity contribution in [2.24, 2.45) is 0 Å². The quantitative estimate of drug-likeness (QED) is 0.869. The van der Waals surface area contributed by atoms with Crippen LogP contribution in [0.4, 0.5) is 10.5 Å². The fourth-order valence-corrected chi connectivity index (χ4v) is 2.84. The van der Waals surface area contributed by atoms with Gasteiger partial charge in [0, 0.05) is 38.0 Å². The van der Waals surface area contributed by atoms with Crippen molar-refractivity contribution in [3.63, 3.8) is 0 Å². The molecule has 2 rings (SSSR count). The Labute approximate surface area is 137 Å². The van der Waals surface area contributed by atoms with Crippen molar-refractivity contribution in [3.8, 4) is 6.07 Å². The van der Waals surface area contributed by atoms with Crippen molar-refractivity contribution in [1.29, 1.82) is 5.26 Å². The molecule has 0 aliphatic carbocycles.